The van der Waals surface area contributed by atoms with Gasteiger partial charge in [0.2, 0.25) is 0 Å². The third kappa shape index (κ3) is 8.34. The van der Waals surface area contributed by atoms with Gasteiger partial charge in [0, 0.05) is 42.3 Å². The highest BCUT2D eigenvalue weighted by Crippen LogP contribution is 2.18. The van der Waals surface area contributed by atoms with Crippen LogP contribution in [-0.4, -0.2) is 46.7 Å². The van der Waals surface area contributed by atoms with Crippen molar-refractivity contribution in [3.05, 3.63) is 72.3 Å². The molecule has 0 aliphatic heterocycles. The number of methoxy groups -OCH3 is 1. The van der Waals surface area contributed by atoms with Crippen LogP contribution in [0, 0.1) is 0 Å². The monoisotopic (exact) mass is 566 g/mol. The Morgan fingerprint density at radius 2 is 1.81 bits per heavy atom. The SMILES string of the molecule is CCc1nncn1CCNC(=NCc1ccccc1OC)NCCSc1ccccc1.I. The summed E-state index contributed by atoms with van der Waals surface area (Å²) in [6.07, 6.45) is 2.64. The summed E-state index contributed by atoms with van der Waals surface area (Å²) in [5, 5.41) is 15.0. The second-order valence-electron chi connectivity index (χ2n) is 6.79. The number of rotatable bonds is 11. The lowest BCUT2D eigenvalue weighted by atomic mass is 10.2. The average molecular weight is 567 g/mol. The third-order valence-electron chi connectivity index (χ3n) is 4.66. The van der Waals surface area contributed by atoms with Gasteiger partial charge in [-0.1, -0.05) is 43.3 Å². The zero-order valence-electron chi connectivity index (χ0n) is 18.5. The van der Waals surface area contributed by atoms with E-state index in [0.29, 0.717) is 6.54 Å². The van der Waals surface area contributed by atoms with E-state index in [1.54, 1.807) is 13.4 Å². The van der Waals surface area contributed by atoms with E-state index in [1.165, 1.54) is 4.90 Å². The minimum Gasteiger partial charge on any atom is -0.496 e. The summed E-state index contributed by atoms with van der Waals surface area (Å²) < 4.78 is 7.52. The Labute approximate surface area is 211 Å². The van der Waals surface area contributed by atoms with Gasteiger partial charge in [-0.05, 0) is 18.2 Å². The molecule has 0 fully saturated rings. The summed E-state index contributed by atoms with van der Waals surface area (Å²) in [5.41, 5.74) is 1.05. The van der Waals surface area contributed by atoms with Crippen LogP contribution in [0.4, 0.5) is 0 Å². The number of aliphatic imine (C=N–C) groups is 1. The summed E-state index contributed by atoms with van der Waals surface area (Å²) >= 11 is 1.82. The normalized spacial score (nSPS) is 11.0. The number of aryl methyl sites for hydroxylation is 1. The second kappa shape index (κ2) is 14.7. The minimum absolute atomic E-state index is 0. The molecule has 9 heteroatoms. The van der Waals surface area contributed by atoms with Gasteiger partial charge in [-0.25, -0.2) is 4.99 Å². The molecule has 0 saturated heterocycles. The van der Waals surface area contributed by atoms with Crippen molar-refractivity contribution < 1.29 is 4.74 Å². The van der Waals surface area contributed by atoms with Gasteiger partial charge in [-0.15, -0.1) is 45.9 Å². The van der Waals surface area contributed by atoms with Crippen molar-refractivity contribution in [1.82, 2.24) is 25.4 Å². The van der Waals surface area contributed by atoms with E-state index in [9.17, 15) is 0 Å². The zero-order valence-corrected chi connectivity index (χ0v) is 21.7. The molecule has 3 aromatic rings. The van der Waals surface area contributed by atoms with Crippen molar-refractivity contribution in [2.75, 3.05) is 26.0 Å². The molecule has 1 aromatic heterocycles. The highest BCUT2D eigenvalue weighted by molar-refractivity contribution is 14.0. The van der Waals surface area contributed by atoms with E-state index < -0.39 is 0 Å². The maximum atomic E-state index is 5.45. The number of halogens is 1. The predicted octanol–water partition coefficient (Wildman–Crippen LogP) is 3.99. The molecule has 2 aromatic carbocycles. The summed E-state index contributed by atoms with van der Waals surface area (Å²) in [7, 11) is 1.69. The minimum atomic E-state index is 0. The Bertz CT molecular complexity index is 950. The van der Waals surface area contributed by atoms with Crippen molar-refractivity contribution >= 4 is 41.7 Å². The standard InChI is InChI=1S/C23H30N6OS.HI/c1-3-22-28-27-18-29(22)15-13-24-23(25-14-16-31-20-10-5-4-6-11-20)26-17-19-9-7-8-12-21(19)30-2;/h4-12,18H,3,13-17H2,1-2H3,(H2,24,25,26);1H. The largest absolute Gasteiger partial charge is 0.496 e. The molecule has 172 valence electrons. The van der Waals surface area contributed by atoms with Crippen LogP contribution >= 0.6 is 35.7 Å². The Kier molecular flexibility index (Phi) is 12.0. The first-order valence-corrected chi connectivity index (χ1v) is 11.5. The zero-order chi connectivity index (χ0) is 21.7. The van der Waals surface area contributed by atoms with Crippen LogP contribution in [-0.2, 0) is 19.5 Å². The number of nitrogens with zero attached hydrogens (tertiary/aromatic N) is 4. The number of hydrogen-bond acceptors (Lipinski definition) is 5. The number of ether oxygens (including phenoxy) is 1. The van der Waals surface area contributed by atoms with Crippen molar-refractivity contribution in [2.24, 2.45) is 4.99 Å². The fourth-order valence-electron chi connectivity index (χ4n) is 3.06. The Morgan fingerprint density at radius 1 is 1.06 bits per heavy atom. The van der Waals surface area contributed by atoms with Gasteiger partial charge in [0.1, 0.15) is 17.9 Å². The first-order chi connectivity index (χ1) is 15.3. The molecule has 0 spiro atoms. The van der Waals surface area contributed by atoms with Crippen LogP contribution in [0.2, 0.25) is 0 Å². The van der Waals surface area contributed by atoms with Crippen LogP contribution in [0.1, 0.15) is 18.3 Å². The van der Waals surface area contributed by atoms with Crippen molar-refractivity contribution in [3.8, 4) is 5.75 Å². The quantitative estimate of drug-likeness (QED) is 0.120. The van der Waals surface area contributed by atoms with Gasteiger partial charge in [0.15, 0.2) is 5.96 Å². The molecule has 0 aliphatic carbocycles. The predicted molar refractivity (Wildman–Crippen MR) is 142 cm³/mol. The molecule has 0 saturated carbocycles. The molecule has 2 N–H and O–H groups in total. The van der Waals surface area contributed by atoms with Gasteiger partial charge in [0.25, 0.3) is 0 Å². The molecule has 3 rings (SSSR count). The highest BCUT2D eigenvalue weighted by atomic mass is 127. The maximum absolute atomic E-state index is 5.45. The molecule has 0 radical (unpaired) electrons. The summed E-state index contributed by atoms with van der Waals surface area (Å²) in [5.74, 6) is 3.57. The topological polar surface area (TPSA) is 76.4 Å². The lowest BCUT2D eigenvalue weighted by Gasteiger charge is -2.14. The van der Waals surface area contributed by atoms with Crippen molar-refractivity contribution in [3.63, 3.8) is 0 Å². The van der Waals surface area contributed by atoms with Crippen molar-refractivity contribution in [1.29, 1.82) is 0 Å². The Morgan fingerprint density at radius 3 is 2.59 bits per heavy atom. The number of aromatic nitrogens is 3. The lowest BCUT2D eigenvalue weighted by Crippen LogP contribution is -2.40. The summed E-state index contributed by atoms with van der Waals surface area (Å²) in [6, 6.07) is 18.4. The van der Waals surface area contributed by atoms with Gasteiger partial charge in [-0.2, -0.15) is 0 Å². The van der Waals surface area contributed by atoms with E-state index in [4.69, 9.17) is 9.73 Å². The first-order valence-electron chi connectivity index (χ1n) is 10.5. The second-order valence-corrected chi connectivity index (χ2v) is 7.95. The van der Waals surface area contributed by atoms with E-state index in [0.717, 1.165) is 54.9 Å². The molecular formula is C23H31IN6OS. The van der Waals surface area contributed by atoms with Crippen LogP contribution in [0.15, 0.2) is 70.8 Å². The Hall–Kier alpha value is -2.27. The highest BCUT2D eigenvalue weighted by Gasteiger charge is 2.05. The maximum Gasteiger partial charge on any atom is 0.191 e. The number of nitrogens with one attached hydrogen (secondary N) is 2. The molecule has 0 atom stereocenters. The molecule has 0 unspecified atom stereocenters. The van der Waals surface area contributed by atoms with Gasteiger partial charge < -0.3 is 19.9 Å². The molecule has 0 amide bonds. The number of thioether (sulfide) groups is 1. The van der Waals surface area contributed by atoms with E-state index in [2.05, 4.69) is 56.6 Å². The van der Waals surface area contributed by atoms with Crippen LogP contribution in [0.5, 0.6) is 5.75 Å². The Balaban J connectivity index is 0.00000363. The average Bonchev–Trinajstić information content (AvgIpc) is 3.28. The molecule has 0 bridgehead atoms. The molecule has 7 nitrogen and oxygen atoms in total. The number of benzene rings is 2. The molecular weight excluding hydrogens is 535 g/mol. The summed E-state index contributed by atoms with van der Waals surface area (Å²) in [6.45, 7) is 4.95. The molecule has 1 heterocycles. The number of hydrogen-bond donors (Lipinski definition) is 2. The van der Waals surface area contributed by atoms with Crippen molar-refractivity contribution in [2.45, 2.75) is 31.3 Å². The van der Waals surface area contributed by atoms with Crippen LogP contribution < -0.4 is 15.4 Å². The number of para-hydroxylation sites is 1. The third-order valence-corrected chi connectivity index (χ3v) is 5.68. The summed E-state index contributed by atoms with van der Waals surface area (Å²) in [4.78, 5) is 6.04. The first kappa shape index (κ1) is 26.0. The fraction of sp³-hybridized carbons (Fsp3) is 0.348. The lowest BCUT2D eigenvalue weighted by molar-refractivity contribution is 0.410. The fourth-order valence-corrected chi connectivity index (χ4v) is 3.85. The van der Waals surface area contributed by atoms with E-state index >= 15 is 0 Å². The van der Waals surface area contributed by atoms with Gasteiger partial charge >= 0.3 is 0 Å². The van der Waals surface area contributed by atoms with E-state index in [-0.39, 0.29) is 24.0 Å². The smallest absolute Gasteiger partial charge is 0.191 e. The molecule has 32 heavy (non-hydrogen) atoms. The molecule has 0 aliphatic rings. The van der Waals surface area contributed by atoms with Gasteiger partial charge in [-0.3, -0.25) is 0 Å². The van der Waals surface area contributed by atoms with E-state index in [1.807, 2.05) is 42.1 Å². The van der Waals surface area contributed by atoms with Gasteiger partial charge in [0.05, 0.1) is 13.7 Å². The number of guanidine groups is 1. The van der Waals surface area contributed by atoms with Crippen LogP contribution in [0.25, 0.3) is 0 Å². The van der Waals surface area contributed by atoms with Crippen LogP contribution in [0.3, 0.4) is 0 Å².